The molecule has 1 aliphatic rings. The predicted molar refractivity (Wildman–Crippen MR) is 89.6 cm³/mol. The zero-order valence-corrected chi connectivity index (χ0v) is 13.1. The van der Waals surface area contributed by atoms with Gasteiger partial charge in [-0.2, -0.15) is 0 Å². The highest BCUT2D eigenvalue weighted by Gasteiger charge is 2.20. The molecule has 0 saturated heterocycles. The summed E-state index contributed by atoms with van der Waals surface area (Å²) in [5, 5.41) is 0. The zero-order valence-electron chi connectivity index (χ0n) is 13.1. The van der Waals surface area contributed by atoms with Gasteiger partial charge >= 0.3 is 0 Å². The van der Waals surface area contributed by atoms with Crippen LogP contribution in [0.4, 0.5) is 11.4 Å². The lowest BCUT2D eigenvalue weighted by molar-refractivity contribution is 0.172. The molecule has 4 heteroatoms. The van der Waals surface area contributed by atoms with Gasteiger partial charge < -0.3 is 20.1 Å². The van der Waals surface area contributed by atoms with Crippen LogP contribution in [-0.4, -0.2) is 19.3 Å². The lowest BCUT2D eigenvalue weighted by Gasteiger charge is -2.31. The van der Waals surface area contributed by atoms with Crippen LogP contribution in [0.25, 0.3) is 0 Å². The molecule has 0 radical (unpaired) electrons. The van der Waals surface area contributed by atoms with E-state index in [1.54, 1.807) is 0 Å². The van der Waals surface area contributed by atoms with Crippen molar-refractivity contribution in [3.63, 3.8) is 0 Å². The Morgan fingerprint density at radius 3 is 2.32 bits per heavy atom. The zero-order chi connectivity index (χ0) is 15.5. The Morgan fingerprint density at radius 1 is 1.05 bits per heavy atom. The lowest BCUT2D eigenvalue weighted by Crippen LogP contribution is -2.31. The van der Waals surface area contributed by atoms with Crippen molar-refractivity contribution in [3.8, 4) is 11.5 Å². The number of ether oxygens (including phenoxy) is 2. The number of fused-ring (bicyclic) bond motifs is 1. The van der Waals surface area contributed by atoms with Gasteiger partial charge in [0.25, 0.3) is 0 Å². The van der Waals surface area contributed by atoms with Gasteiger partial charge in [-0.05, 0) is 19.4 Å². The van der Waals surface area contributed by atoms with Crippen molar-refractivity contribution in [1.82, 2.24) is 0 Å². The fourth-order valence-corrected chi connectivity index (χ4v) is 2.67. The van der Waals surface area contributed by atoms with Crippen LogP contribution in [0.3, 0.4) is 0 Å². The minimum absolute atomic E-state index is 0.324. The van der Waals surface area contributed by atoms with Gasteiger partial charge in [0.1, 0.15) is 13.2 Å². The van der Waals surface area contributed by atoms with Crippen LogP contribution < -0.4 is 20.1 Å². The van der Waals surface area contributed by atoms with E-state index < -0.39 is 0 Å². The number of anilines is 2. The maximum Gasteiger partial charge on any atom is 0.163 e. The minimum Gasteiger partial charge on any atom is -0.486 e. The first-order valence-corrected chi connectivity index (χ1v) is 7.65. The summed E-state index contributed by atoms with van der Waals surface area (Å²) >= 11 is 0. The van der Waals surface area contributed by atoms with Crippen LogP contribution in [-0.2, 0) is 6.54 Å². The Kier molecular flexibility index (Phi) is 4.09. The Bertz CT molecular complexity index is 641. The van der Waals surface area contributed by atoms with Crippen molar-refractivity contribution in [2.45, 2.75) is 26.4 Å². The average molecular weight is 298 g/mol. The largest absolute Gasteiger partial charge is 0.486 e. The third-order valence-corrected chi connectivity index (χ3v) is 3.82. The molecular formula is C18H22N2O2. The second-order valence-corrected chi connectivity index (χ2v) is 5.76. The molecule has 0 atom stereocenters. The number of nitrogen functional groups attached to an aromatic ring is 1. The van der Waals surface area contributed by atoms with E-state index in [1.807, 2.05) is 18.2 Å². The molecule has 2 aromatic carbocycles. The normalized spacial score (nSPS) is 13.2. The van der Waals surface area contributed by atoms with E-state index in [4.69, 9.17) is 15.2 Å². The summed E-state index contributed by atoms with van der Waals surface area (Å²) < 4.78 is 11.3. The van der Waals surface area contributed by atoms with Gasteiger partial charge in [-0.15, -0.1) is 0 Å². The number of hydrogen-bond donors (Lipinski definition) is 1. The van der Waals surface area contributed by atoms with Gasteiger partial charge in [-0.25, -0.2) is 0 Å². The molecule has 1 aliphatic heterocycles. The molecular weight excluding hydrogens is 276 g/mol. The van der Waals surface area contributed by atoms with Crippen LogP contribution in [0.1, 0.15) is 19.4 Å². The first kappa shape index (κ1) is 14.6. The van der Waals surface area contributed by atoms with Crippen LogP contribution in [0.15, 0.2) is 42.5 Å². The molecule has 3 rings (SSSR count). The highest BCUT2D eigenvalue weighted by Crippen LogP contribution is 2.39. The monoisotopic (exact) mass is 298 g/mol. The molecule has 0 aromatic heterocycles. The molecule has 2 N–H and O–H groups in total. The van der Waals surface area contributed by atoms with Crippen molar-refractivity contribution in [3.05, 3.63) is 48.0 Å². The molecule has 22 heavy (non-hydrogen) atoms. The Hall–Kier alpha value is -2.36. The van der Waals surface area contributed by atoms with E-state index in [0.717, 1.165) is 23.7 Å². The highest BCUT2D eigenvalue weighted by molar-refractivity contribution is 5.73. The van der Waals surface area contributed by atoms with Crippen molar-refractivity contribution in [1.29, 1.82) is 0 Å². The summed E-state index contributed by atoms with van der Waals surface area (Å²) in [4.78, 5) is 2.28. The quantitative estimate of drug-likeness (QED) is 0.878. The smallest absolute Gasteiger partial charge is 0.163 e. The van der Waals surface area contributed by atoms with Crippen molar-refractivity contribution in [2.75, 3.05) is 23.8 Å². The summed E-state index contributed by atoms with van der Waals surface area (Å²) in [6, 6.07) is 14.6. The standard InChI is InChI=1S/C18H22N2O2/c1-13(2)20(12-14-6-4-3-5-7-14)16-11-18-17(10-15(16)19)21-8-9-22-18/h3-7,10-11,13H,8-9,12,19H2,1-2H3. The van der Waals surface area contributed by atoms with Gasteiger partial charge in [0.2, 0.25) is 0 Å². The minimum atomic E-state index is 0.324. The fourth-order valence-electron chi connectivity index (χ4n) is 2.67. The molecule has 4 nitrogen and oxygen atoms in total. The topological polar surface area (TPSA) is 47.7 Å². The Labute approximate surface area is 131 Å². The van der Waals surface area contributed by atoms with E-state index in [0.29, 0.717) is 24.9 Å². The summed E-state index contributed by atoms with van der Waals surface area (Å²) in [7, 11) is 0. The number of rotatable bonds is 4. The number of benzene rings is 2. The molecule has 116 valence electrons. The number of nitrogens with two attached hydrogens (primary N) is 1. The third kappa shape index (κ3) is 2.96. The molecule has 0 fully saturated rings. The van der Waals surface area contributed by atoms with Crippen LogP contribution >= 0.6 is 0 Å². The molecule has 2 aromatic rings. The van der Waals surface area contributed by atoms with Gasteiger partial charge in [0, 0.05) is 24.7 Å². The first-order chi connectivity index (χ1) is 10.6. The Balaban J connectivity index is 1.94. The molecule has 1 heterocycles. The van der Waals surface area contributed by atoms with Gasteiger partial charge in [0.15, 0.2) is 11.5 Å². The maximum absolute atomic E-state index is 6.26. The first-order valence-electron chi connectivity index (χ1n) is 7.65. The predicted octanol–water partition coefficient (Wildman–Crippen LogP) is 3.46. The van der Waals surface area contributed by atoms with E-state index in [9.17, 15) is 0 Å². The summed E-state index contributed by atoms with van der Waals surface area (Å²) in [6.07, 6.45) is 0. The van der Waals surface area contributed by atoms with E-state index >= 15 is 0 Å². The lowest BCUT2D eigenvalue weighted by atomic mass is 10.1. The van der Waals surface area contributed by atoms with Gasteiger partial charge in [-0.1, -0.05) is 30.3 Å². The number of hydrogen-bond acceptors (Lipinski definition) is 4. The molecule has 0 amide bonds. The maximum atomic E-state index is 6.26. The second-order valence-electron chi connectivity index (χ2n) is 5.76. The summed E-state index contributed by atoms with van der Waals surface area (Å²) in [6.45, 7) is 6.29. The molecule has 0 spiro atoms. The van der Waals surface area contributed by atoms with Crippen molar-refractivity contribution < 1.29 is 9.47 Å². The van der Waals surface area contributed by atoms with Crippen molar-refractivity contribution in [2.24, 2.45) is 0 Å². The van der Waals surface area contributed by atoms with Crippen molar-refractivity contribution >= 4 is 11.4 Å². The summed E-state index contributed by atoms with van der Waals surface area (Å²) in [5.41, 5.74) is 9.22. The van der Waals surface area contributed by atoms with Crippen LogP contribution in [0, 0.1) is 0 Å². The fraction of sp³-hybridized carbons (Fsp3) is 0.333. The second kappa shape index (κ2) is 6.18. The third-order valence-electron chi connectivity index (χ3n) is 3.82. The summed E-state index contributed by atoms with van der Waals surface area (Å²) in [5.74, 6) is 1.50. The van der Waals surface area contributed by atoms with E-state index in [-0.39, 0.29) is 0 Å². The van der Waals surface area contributed by atoms with Gasteiger partial charge in [-0.3, -0.25) is 0 Å². The molecule has 0 saturated carbocycles. The van der Waals surface area contributed by atoms with Crippen LogP contribution in [0.5, 0.6) is 11.5 Å². The van der Waals surface area contributed by atoms with E-state index in [2.05, 4.69) is 43.0 Å². The van der Waals surface area contributed by atoms with Gasteiger partial charge in [0.05, 0.1) is 11.4 Å². The van der Waals surface area contributed by atoms with Crippen LogP contribution in [0.2, 0.25) is 0 Å². The average Bonchev–Trinajstić information content (AvgIpc) is 2.53. The van der Waals surface area contributed by atoms with E-state index in [1.165, 1.54) is 5.56 Å². The Morgan fingerprint density at radius 2 is 1.68 bits per heavy atom. The molecule has 0 aliphatic carbocycles. The molecule has 0 bridgehead atoms. The highest BCUT2D eigenvalue weighted by atomic mass is 16.6. The SMILES string of the molecule is CC(C)N(Cc1ccccc1)c1cc2c(cc1N)OCCO2. The number of nitrogens with zero attached hydrogens (tertiary/aromatic N) is 1. The molecule has 0 unspecified atom stereocenters.